The number of piperazine rings is 1. The van der Waals surface area contributed by atoms with Crippen molar-refractivity contribution >= 4 is 17.6 Å². The minimum atomic E-state index is -4.84. The average Bonchev–Trinajstić information content (AvgIpc) is 2.92. The quantitative estimate of drug-likeness (QED) is 0.399. The molecule has 2 saturated heterocycles. The highest BCUT2D eigenvalue weighted by Crippen LogP contribution is 2.37. The molecule has 2 fully saturated rings. The molecular formula is C26H26F6N6O2. The molecule has 1 aromatic carbocycles. The minimum absolute atomic E-state index is 0.125. The molecule has 2 aliphatic heterocycles. The Labute approximate surface area is 226 Å². The molecule has 0 bridgehead atoms. The molecule has 3 aromatic rings. The summed E-state index contributed by atoms with van der Waals surface area (Å²) < 4.78 is 88.8. The molecular weight excluding hydrogens is 542 g/mol. The van der Waals surface area contributed by atoms with Crippen LogP contribution in [0.15, 0.2) is 48.7 Å². The molecule has 14 heteroatoms. The number of pyridine rings is 1. The van der Waals surface area contributed by atoms with Crippen molar-refractivity contribution in [3.05, 3.63) is 54.2 Å². The van der Waals surface area contributed by atoms with Crippen LogP contribution in [0.2, 0.25) is 0 Å². The second kappa shape index (κ2) is 11.0. The lowest BCUT2D eigenvalue weighted by Crippen LogP contribution is -2.53. The Morgan fingerprint density at radius 1 is 0.900 bits per heavy atom. The predicted molar refractivity (Wildman–Crippen MR) is 135 cm³/mol. The van der Waals surface area contributed by atoms with Crippen molar-refractivity contribution in [3.8, 4) is 17.0 Å². The number of anilines is 3. The van der Waals surface area contributed by atoms with Gasteiger partial charge in [-0.1, -0.05) is 12.1 Å². The van der Waals surface area contributed by atoms with E-state index in [0.29, 0.717) is 55.9 Å². The van der Waals surface area contributed by atoms with Crippen molar-refractivity contribution in [1.29, 1.82) is 0 Å². The summed E-state index contributed by atoms with van der Waals surface area (Å²) in [7, 11) is 0. The SMILES string of the molecule is CC1CN(c2ncccc2C(F)(F)F)CCN1c1cc(-c2cccc(OC(F)(F)F)c2)nc(N2CCOCC2)n1. The zero-order valence-electron chi connectivity index (χ0n) is 21.4. The van der Waals surface area contributed by atoms with Crippen LogP contribution in [0.25, 0.3) is 11.3 Å². The van der Waals surface area contributed by atoms with Crippen LogP contribution in [0.5, 0.6) is 5.75 Å². The smallest absolute Gasteiger partial charge is 0.406 e. The number of hydrogen-bond donors (Lipinski definition) is 0. The van der Waals surface area contributed by atoms with E-state index in [2.05, 4.69) is 14.7 Å². The molecule has 2 aromatic heterocycles. The summed E-state index contributed by atoms with van der Waals surface area (Å²) >= 11 is 0. The van der Waals surface area contributed by atoms with Gasteiger partial charge in [0.25, 0.3) is 0 Å². The van der Waals surface area contributed by atoms with Crippen molar-refractivity contribution in [2.24, 2.45) is 0 Å². The van der Waals surface area contributed by atoms with E-state index >= 15 is 0 Å². The molecule has 5 rings (SSSR count). The van der Waals surface area contributed by atoms with Crippen molar-refractivity contribution in [2.45, 2.75) is 25.5 Å². The maximum Gasteiger partial charge on any atom is 0.573 e. The van der Waals surface area contributed by atoms with Gasteiger partial charge in [-0.05, 0) is 31.2 Å². The topological polar surface area (TPSA) is 66.9 Å². The van der Waals surface area contributed by atoms with Crippen molar-refractivity contribution in [3.63, 3.8) is 0 Å². The highest BCUT2D eigenvalue weighted by Gasteiger charge is 2.37. The zero-order chi connectivity index (χ0) is 28.5. The van der Waals surface area contributed by atoms with E-state index in [0.717, 1.165) is 6.07 Å². The number of benzene rings is 1. The second-order valence-electron chi connectivity index (χ2n) is 9.45. The van der Waals surface area contributed by atoms with Gasteiger partial charge >= 0.3 is 12.5 Å². The number of nitrogens with zero attached hydrogens (tertiary/aromatic N) is 6. The second-order valence-corrected chi connectivity index (χ2v) is 9.45. The third-order valence-corrected chi connectivity index (χ3v) is 6.67. The fourth-order valence-corrected chi connectivity index (χ4v) is 4.83. The Balaban J connectivity index is 1.46. The van der Waals surface area contributed by atoms with E-state index in [1.165, 1.54) is 30.5 Å². The van der Waals surface area contributed by atoms with Gasteiger partial charge in [0.05, 0.1) is 24.5 Å². The van der Waals surface area contributed by atoms with Crippen LogP contribution in [0, 0.1) is 0 Å². The summed E-state index contributed by atoms with van der Waals surface area (Å²) in [6.07, 6.45) is -8.05. The van der Waals surface area contributed by atoms with E-state index in [4.69, 9.17) is 9.72 Å². The molecule has 0 aliphatic carbocycles. The van der Waals surface area contributed by atoms with Crippen LogP contribution < -0.4 is 19.4 Å². The molecule has 40 heavy (non-hydrogen) atoms. The number of rotatable bonds is 5. The van der Waals surface area contributed by atoms with Gasteiger partial charge in [0.15, 0.2) is 0 Å². The van der Waals surface area contributed by atoms with Gasteiger partial charge in [-0.3, -0.25) is 0 Å². The van der Waals surface area contributed by atoms with Crippen LogP contribution >= 0.6 is 0 Å². The third kappa shape index (κ3) is 6.32. The molecule has 0 spiro atoms. The lowest BCUT2D eigenvalue weighted by molar-refractivity contribution is -0.274. The van der Waals surface area contributed by atoms with Gasteiger partial charge in [0.1, 0.15) is 17.4 Å². The standard InChI is InChI=1S/C26H26F6N6O2/c1-17-16-37(23-20(25(27,28)29)6-3-7-33-23)8-9-38(17)22-15-21(34-24(35-22)36-10-12-39-13-11-36)18-4-2-5-19(14-18)40-26(30,31)32/h2-7,14-15,17H,8-13,16H2,1H3. The summed E-state index contributed by atoms with van der Waals surface area (Å²) in [4.78, 5) is 18.9. The van der Waals surface area contributed by atoms with Crippen molar-refractivity contribution in [1.82, 2.24) is 15.0 Å². The summed E-state index contributed by atoms with van der Waals surface area (Å²) in [5.41, 5.74) is -0.0112. The van der Waals surface area contributed by atoms with Crippen LogP contribution in [0.3, 0.4) is 0 Å². The average molecular weight is 569 g/mol. The van der Waals surface area contributed by atoms with E-state index in [1.807, 2.05) is 16.7 Å². The molecule has 1 unspecified atom stereocenters. The summed E-state index contributed by atoms with van der Waals surface area (Å²) in [5, 5.41) is 0. The lowest BCUT2D eigenvalue weighted by Gasteiger charge is -2.42. The van der Waals surface area contributed by atoms with E-state index in [-0.39, 0.29) is 30.7 Å². The monoisotopic (exact) mass is 568 g/mol. The van der Waals surface area contributed by atoms with Crippen LogP contribution in [0.1, 0.15) is 12.5 Å². The molecule has 2 aliphatic rings. The van der Waals surface area contributed by atoms with Gasteiger partial charge in [0.2, 0.25) is 5.95 Å². The van der Waals surface area contributed by atoms with E-state index < -0.39 is 18.1 Å². The maximum absolute atomic E-state index is 13.6. The molecule has 4 heterocycles. The van der Waals surface area contributed by atoms with Crippen molar-refractivity contribution in [2.75, 3.05) is 60.6 Å². The van der Waals surface area contributed by atoms with Crippen LogP contribution in [0.4, 0.5) is 43.9 Å². The van der Waals surface area contributed by atoms with Gasteiger partial charge in [-0.25, -0.2) is 9.97 Å². The zero-order valence-corrected chi connectivity index (χ0v) is 21.4. The lowest BCUT2D eigenvalue weighted by atomic mass is 10.1. The Hall–Kier alpha value is -3.81. The third-order valence-electron chi connectivity index (χ3n) is 6.67. The van der Waals surface area contributed by atoms with E-state index in [9.17, 15) is 26.3 Å². The van der Waals surface area contributed by atoms with Crippen LogP contribution in [-0.2, 0) is 10.9 Å². The number of aromatic nitrogens is 3. The highest BCUT2D eigenvalue weighted by atomic mass is 19.4. The Kier molecular flexibility index (Phi) is 7.62. The number of hydrogen-bond acceptors (Lipinski definition) is 8. The van der Waals surface area contributed by atoms with E-state index in [1.54, 1.807) is 17.0 Å². The molecule has 0 amide bonds. The summed E-state index contributed by atoms with van der Waals surface area (Å²) in [6, 6.07) is 9.21. The Morgan fingerprint density at radius 3 is 2.38 bits per heavy atom. The van der Waals surface area contributed by atoms with Crippen LogP contribution in [-0.4, -0.2) is 73.3 Å². The summed E-state index contributed by atoms with van der Waals surface area (Å²) in [6.45, 7) is 4.72. The first-order valence-corrected chi connectivity index (χ1v) is 12.6. The molecule has 0 N–H and O–H groups in total. The van der Waals surface area contributed by atoms with Gasteiger partial charge in [0, 0.05) is 56.6 Å². The Morgan fingerprint density at radius 2 is 1.68 bits per heavy atom. The molecule has 8 nitrogen and oxygen atoms in total. The largest absolute Gasteiger partial charge is 0.573 e. The highest BCUT2D eigenvalue weighted by molar-refractivity contribution is 5.67. The number of morpholine rings is 1. The Bertz CT molecular complexity index is 1330. The van der Waals surface area contributed by atoms with Gasteiger partial charge < -0.3 is 24.2 Å². The number of ether oxygens (including phenoxy) is 2. The maximum atomic E-state index is 13.6. The van der Waals surface area contributed by atoms with Gasteiger partial charge in [-0.2, -0.15) is 18.2 Å². The fraction of sp³-hybridized carbons (Fsp3) is 0.423. The molecule has 0 saturated carbocycles. The molecule has 0 radical (unpaired) electrons. The van der Waals surface area contributed by atoms with Crippen molar-refractivity contribution < 1.29 is 35.8 Å². The number of halogens is 6. The number of alkyl halides is 6. The normalized spacial score (nSPS) is 18.7. The fourth-order valence-electron chi connectivity index (χ4n) is 4.83. The van der Waals surface area contributed by atoms with Gasteiger partial charge in [-0.15, -0.1) is 13.2 Å². The molecule has 214 valence electrons. The first kappa shape index (κ1) is 27.7. The molecule has 1 atom stereocenters. The first-order valence-electron chi connectivity index (χ1n) is 12.6. The minimum Gasteiger partial charge on any atom is -0.406 e. The summed E-state index contributed by atoms with van der Waals surface area (Å²) in [5.74, 6) is 0.394. The first-order chi connectivity index (χ1) is 19.0. The predicted octanol–water partition coefficient (Wildman–Crippen LogP) is 5.01.